The molecule has 16 aromatic rings. The maximum atomic E-state index is 13.4. The number of esters is 4. The number of para-hydroxylation sites is 4. The summed E-state index contributed by atoms with van der Waals surface area (Å²) in [5, 5.41) is 4.27. The van der Waals surface area contributed by atoms with E-state index >= 15 is 0 Å². The van der Waals surface area contributed by atoms with Gasteiger partial charge in [0.15, 0.2) is 0 Å². The quantitative estimate of drug-likeness (QED) is 0.0279. The van der Waals surface area contributed by atoms with Crippen molar-refractivity contribution in [3.8, 4) is 0 Å². The van der Waals surface area contributed by atoms with Gasteiger partial charge in [-0.3, -0.25) is 19.9 Å². The maximum Gasteiger partial charge on any atom is 0.341 e. The molecule has 738 valence electrons. The third kappa shape index (κ3) is 17.9. The second-order valence-electron chi connectivity index (χ2n) is 38.8. The van der Waals surface area contributed by atoms with E-state index in [9.17, 15) is 19.2 Å². The van der Waals surface area contributed by atoms with Gasteiger partial charge in [0.25, 0.3) is 0 Å². The highest BCUT2D eigenvalue weighted by molar-refractivity contribution is 6.02. The van der Waals surface area contributed by atoms with Gasteiger partial charge < -0.3 is 56.8 Å². The minimum absolute atomic E-state index is 0.316. The number of ether oxygens (including phenoxy) is 4. The molecule has 0 radical (unpaired) electrons. The predicted octanol–water partition coefficient (Wildman–Crippen LogP) is 26.3. The van der Waals surface area contributed by atoms with Crippen LogP contribution in [0.15, 0.2) is 256 Å². The van der Waals surface area contributed by atoms with E-state index in [4.69, 9.17) is 38.9 Å². The molecule has 12 heterocycles. The van der Waals surface area contributed by atoms with Crippen molar-refractivity contribution < 1.29 is 38.1 Å². The minimum Gasteiger partial charge on any atom is -0.439 e. The number of unbranched alkanes of at least 4 members (excludes halogenated alkanes) is 5. The SMILES string of the molecule is CCCCN(CCCC)c1ccc(C2(c3cn(C)c4ccccc34)OC(=O)c3cccnc32)c(C)c1.CCCCc1cc(N(CCCC)CCCC)ccc1C1(c2cn(C)c3ccccc23)OC(=O)c2cccnc21.CCCN(CCC)c1ccc(C2(c3c(C)n(C)c4ccccc34)OC(=O)c3cccnc32)c(C)c1.CCN(CC)c1ccc(C2(c3c(C)n(C)c4ccccc34)OC(=O)c3cccnc32)c(C)c1. The van der Waals surface area contributed by atoms with E-state index < -0.39 is 22.4 Å². The highest BCUT2D eigenvalue weighted by atomic mass is 16.6. The number of fused-ring (bicyclic) bond motifs is 8. The average molecular weight is 1910 g/mol. The maximum absolute atomic E-state index is 13.4. The molecule has 4 aliphatic rings. The Balaban J connectivity index is 0.000000131. The first-order valence-corrected chi connectivity index (χ1v) is 51.8. The van der Waals surface area contributed by atoms with Crippen LogP contribution in [-0.2, 0) is 76.0 Å². The Labute approximate surface area is 843 Å². The lowest BCUT2D eigenvalue weighted by Crippen LogP contribution is -2.32. The van der Waals surface area contributed by atoms with E-state index in [1.807, 2.05) is 79.8 Å². The van der Waals surface area contributed by atoms with Crippen LogP contribution in [0, 0.1) is 34.6 Å². The summed E-state index contributed by atoms with van der Waals surface area (Å²) in [5.74, 6) is -1.31. The van der Waals surface area contributed by atoms with Crippen LogP contribution < -0.4 is 19.6 Å². The number of rotatable bonds is 33. The van der Waals surface area contributed by atoms with Gasteiger partial charge in [-0.15, -0.1) is 0 Å². The van der Waals surface area contributed by atoms with Crippen molar-refractivity contribution in [2.75, 3.05) is 72.0 Å². The van der Waals surface area contributed by atoms with Gasteiger partial charge in [0, 0.05) is 240 Å². The van der Waals surface area contributed by atoms with E-state index in [0.717, 1.165) is 206 Å². The Morgan fingerprint density at radius 2 is 0.580 bits per heavy atom. The van der Waals surface area contributed by atoms with Crippen LogP contribution in [-0.4, -0.2) is 114 Å². The summed E-state index contributed by atoms with van der Waals surface area (Å²) in [6, 6.07) is 74.1. The molecule has 20 rings (SSSR count). The van der Waals surface area contributed by atoms with Gasteiger partial charge in [0.05, 0.1) is 22.3 Å². The molecule has 8 aromatic carbocycles. The fourth-order valence-corrected chi connectivity index (χ4v) is 22.6. The molecule has 0 saturated heterocycles. The number of carbonyl (C=O) groups excluding carboxylic acids is 4. The molecule has 143 heavy (non-hydrogen) atoms. The zero-order valence-corrected chi connectivity index (χ0v) is 86.7. The lowest BCUT2D eigenvalue weighted by Gasteiger charge is -2.32. The zero-order valence-electron chi connectivity index (χ0n) is 86.7. The summed E-state index contributed by atoms with van der Waals surface area (Å²) in [5.41, 5.74) is 23.9. The molecule has 0 bridgehead atoms. The molecule has 4 unspecified atom stereocenters. The molecular formula is C123H138N12O8. The zero-order chi connectivity index (χ0) is 101. The lowest BCUT2D eigenvalue weighted by molar-refractivity contribution is 0.0234. The standard InChI is InChI=1S/C34H41N3O2.C31H35N3O2.C30H33N3O2.C28H29N3O2/c1-5-8-14-25-23-26(37(21-9-6-2)22-10-7-3)18-19-29(25)34(32-28(33(38)39-34)16-13-20-35-32)30-24-36(4)31-17-12-11-15-27(30)31;1-5-7-18-34(19-8-6-2)23-15-16-26(22(3)20-23)31(29-25(30(35)36-31)13-11-17-32-29)27-21-33(4)28-14-10-9-12-24(27)28;1-6-17-33(18-7-2)22-14-15-25(20(3)19-22)30(28-24(29(34)35-30)12-10-16-31-28)27-21(4)32(5)26-13-9-8-11-23(26)27;1-6-31(7-2)20-14-15-23(18(3)17-20)28(26-22(27(32)33-28)12-10-16-29-26)25-19(4)30(5)24-13-9-8-11-21(24)25/h11-13,15-20,23-24H,5-10,14,21-22H2,1-4H3;9-17,20-21H,5-8,18-19H2,1-4H3;8-16,19H,6-7,17-18H2,1-5H3;8-17H,6-7H2,1-5H3. The Kier molecular flexibility index (Phi) is 30.0. The number of pyridine rings is 4. The van der Waals surface area contributed by atoms with Crippen molar-refractivity contribution in [1.29, 1.82) is 0 Å². The molecule has 4 aliphatic heterocycles. The molecule has 0 fully saturated rings. The highest BCUT2D eigenvalue weighted by Gasteiger charge is 2.57. The summed E-state index contributed by atoms with van der Waals surface area (Å²) in [6.07, 6.45) is 25.8. The van der Waals surface area contributed by atoms with Crippen molar-refractivity contribution in [3.63, 3.8) is 0 Å². The smallest absolute Gasteiger partial charge is 0.341 e. The second-order valence-corrected chi connectivity index (χ2v) is 38.8. The molecule has 0 saturated carbocycles. The first-order chi connectivity index (χ1) is 69.4. The largest absolute Gasteiger partial charge is 0.439 e. The van der Waals surface area contributed by atoms with Gasteiger partial charge >= 0.3 is 23.9 Å². The van der Waals surface area contributed by atoms with Crippen LogP contribution in [0.5, 0.6) is 0 Å². The number of cyclic esters (lactones) is 4. The summed E-state index contributed by atoms with van der Waals surface area (Å²) < 4.78 is 34.3. The topological polar surface area (TPSA) is 189 Å². The predicted molar refractivity (Wildman–Crippen MR) is 578 cm³/mol. The molecule has 4 atom stereocenters. The number of aryl methyl sites for hydroxylation is 8. The molecule has 20 nitrogen and oxygen atoms in total. The fraction of sp³-hybridized carbons (Fsp3) is 0.350. The number of nitrogens with zero attached hydrogens (tertiary/aromatic N) is 12. The lowest BCUT2D eigenvalue weighted by atomic mass is 9.79. The first-order valence-electron chi connectivity index (χ1n) is 51.8. The third-order valence-electron chi connectivity index (χ3n) is 29.9. The second kappa shape index (κ2) is 42.8. The van der Waals surface area contributed by atoms with Gasteiger partial charge in [-0.1, -0.05) is 178 Å². The Morgan fingerprint density at radius 1 is 0.287 bits per heavy atom. The van der Waals surface area contributed by atoms with Gasteiger partial charge in [0.1, 0.15) is 22.8 Å². The molecule has 0 aliphatic carbocycles. The Bertz CT molecular complexity index is 7380. The summed E-state index contributed by atoms with van der Waals surface area (Å²) >= 11 is 0. The van der Waals surface area contributed by atoms with Crippen LogP contribution in [0.4, 0.5) is 22.7 Å². The van der Waals surface area contributed by atoms with E-state index in [1.54, 1.807) is 43.0 Å². The van der Waals surface area contributed by atoms with Gasteiger partial charge in [-0.25, -0.2) is 19.2 Å². The molecular weight excluding hydrogens is 1770 g/mol. The molecule has 0 spiro atoms. The van der Waals surface area contributed by atoms with Crippen molar-refractivity contribution in [2.24, 2.45) is 28.2 Å². The number of carbonyl (C=O) groups is 4. The van der Waals surface area contributed by atoms with E-state index in [1.165, 1.54) is 74.0 Å². The normalized spacial score (nSPS) is 16.9. The first kappa shape index (κ1) is 100. The van der Waals surface area contributed by atoms with Crippen molar-refractivity contribution in [1.82, 2.24) is 38.2 Å². The summed E-state index contributed by atoms with van der Waals surface area (Å²) in [4.78, 5) is 81.9. The van der Waals surface area contributed by atoms with E-state index in [2.05, 4.69) is 296 Å². The highest BCUT2D eigenvalue weighted by Crippen LogP contribution is 2.57. The Morgan fingerprint density at radius 3 is 0.923 bits per heavy atom. The Hall–Kier alpha value is -14.4. The number of hydrogen-bond donors (Lipinski definition) is 0. The number of anilines is 4. The van der Waals surface area contributed by atoms with E-state index in [0.29, 0.717) is 45.0 Å². The monoisotopic (exact) mass is 1910 g/mol. The van der Waals surface area contributed by atoms with Crippen LogP contribution in [0.2, 0.25) is 0 Å². The van der Waals surface area contributed by atoms with E-state index in [-0.39, 0.29) is 23.9 Å². The summed E-state index contributed by atoms with van der Waals surface area (Å²) in [7, 11) is 8.20. The van der Waals surface area contributed by atoms with Crippen LogP contribution in [0.1, 0.15) is 282 Å². The minimum atomic E-state index is -1.11. The van der Waals surface area contributed by atoms with Crippen molar-refractivity contribution in [2.45, 2.75) is 203 Å². The van der Waals surface area contributed by atoms with Crippen LogP contribution in [0.3, 0.4) is 0 Å². The average Bonchev–Trinajstić information content (AvgIpc) is 1.56. The van der Waals surface area contributed by atoms with Gasteiger partial charge in [-0.05, 0) is 243 Å². The van der Waals surface area contributed by atoms with Gasteiger partial charge in [-0.2, -0.15) is 0 Å². The molecule has 20 heteroatoms. The summed E-state index contributed by atoms with van der Waals surface area (Å²) in [6.45, 7) is 38.5. The molecule has 0 N–H and O–H groups in total. The number of aromatic nitrogens is 8. The van der Waals surface area contributed by atoms with Crippen molar-refractivity contribution >= 4 is 90.2 Å². The fourth-order valence-electron chi connectivity index (χ4n) is 22.6. The third-order valence-corrected chi connectivity index (χ3v) is 29.9. The van der Waals surface area contributed by atoms with Crippen LogP contribution >= 0.6 is 0 Å². The van der Waals surface area contributed by atoms with Crippen LogP contribution in [0.25, 0.3) is 43.6 Å². The molecule has 8 aromatic heterocycles. The number of hydrogen-bond acceptors (Lipinski definition) is 16. The molecule has 0 amide bonds. The number of benzene rings is 8. The van der Waals surface area contributed by atoms with Gasteiger partial charge in [0.2, 0.25) is 22.4 Å². The van der Waals surface area contributed by atoms with Crippen molar-refractivity contribution in [3.05, 3.63) is 379 Å².